The molecule has 0 bridgehead atoms. The largest absolute Gasteiger partial charge is 0.496 e. The van der Waals surface area contributed by atoms with Crippen LogP contribution in [0, 0.1) is 0 Å². The van der Waals surface area contributed by atoms with Crippen molar-refractivity contribution in [1.29, 1.82) is 0 Å². The molecule has 0 radical (unpaired) electrons. The smallest absolute Gasteiger partial charge is 0.336 e. The highest BCUT2D eigenvalue weighted by Crippen LogP contribution is 2.25. The van der Waals surface area contributed by atoms with Crippen LogP contribution >= 0.6 is 11.8 Å². The van der Waals surface area contributed by atoms with Gasteiger partial charge in [-0.15, -0.1) is 11.8 Å². The van der Waals surface area contributed by atoms with E-state index in [0.29, 0.717) is 17.0 Å². The monoisotopic (exact) mass is 421 g/mol. The molecule has 0 aliphatic heterocycles. The van der Waals surface area contributed by atoms with E-state index in [4.69, 9.17) is 4.74 Å². The van der Waals surface area contributed by atoms with Gasteiger partial charge < -0.3 is 15.2 Å². The van der Waals surface area contributed by atoms with Gasteiger partial charge in [0.05, 0.1) is 29.6 Å². The van der Waals surface area contributed by atoms with Crippen molar-refractivity contribution in [2.24, 2.45) is 0 Å². The van der Waals surface area contributed by atoms with Crippen LogP contribution in [-0.4, -0.2) is 35.6 Å². The molecule has 6 nitrogen and oxygen atoms in total. The second kappa shape index (κ2) is 9.76. The fraction of sp³-hybridized carbons (Fsp3) is 0.0870. The van der Waals surface area contributed by atoms with Crippen LogP contribution in [0.25, 0.3) is 0 Å². The fourth-order valence-electron chi connectivity index (χ4n) is 2.83. The molecule has 0 aliphatic rings. The number of hydrogen-bond donors (Lipinski definition) is 2. The molecule has 2 N–H and O–H groups in total. The van der Waals surface area contributed by atoms with Crippen molar-refractivity contribution in [3.8, 4) is 5.75 Å². The Morgan fingerprint density at radius 1 is 0.900 bits per heavy atom. The summed E-state index contributed by atoms with van der Waals surface area (Å²) in [5.74, 6) is -1.01. The Balaban J connectivity index is 1.69. The number of carboxylic acid groups (broad SMARTS) is 1. The topological polar surface area (TPSA) is 92.7 Å². The Hall–Kier alpha value is -3.58. The number of nitrogens with one attached hydrogen (secondary N) is 1. The molecule has 0 aliphatic carbocycles. The van der Waals surface area contributed by atoms with Crippen molar-refractivity contribution in [3.05, 3.63) is 89.5 Å². The van der Waals surface area contributed by atoms with Gasteiger partial charge in [0.2, 0.25) is 0 Å². The van der Waals surface area contributed by atoms with Crippen molar-refractivity contribution < 1.29 is 24.2 Å². The third-order valence-electron chi connectivity index (χ3n) is 4.27. The molecule has 152 valence electrons. The highest BCUT2D eigenvalue weighted by molar-refractivity contribution is 8.00. The zero-order chi connectivity index (χ0) is 21.5. The molecule has 1 amide bonds. The standard InChI is InChI=1S/C23H19NO5S/c1-29-21-12-5-4-11-19(21)20(25)14-30-16-8-6-7-15(13-16)24-22(26)17-9-2-3-10-18(17)23(27)28/h2-13H,14H2,1H3,(H,24,26)(H,27,28). The highest BCUT2D eigenvalue weighted by atomic mass is 32.2. The zero-order valence-electron chi connectivity index (χ0n) is 16.1. The number of anilines is 1. The van der Waals surface area contributed by atoms with Crippen molar-refractivity contribution in [2.75, 3.05) is 18.2 Å². The minimum Gasteiger partial charge on any atom is -0.496 e. The molecule has 0 saturated carbocycles. The van der Waals surface area contributed by atoms with E-state index in [2.05, 4.69) is 5.32 Å². The first-order chi connectivity index (χ1) is 14.5. The van der Waals surface area contributed by atoms with E-state index in [-0.39, 0.29) is 22.7 Å². The van der Waals surface area contributed by atoms with Gasteiger partial charge in [0.15, 0.2) is 5.78 Å². The maximum absolute atomic E-state index is 12.5. The third kappa shape index (κ3) is 5.07. The maximum atomic E-state index is 12.5. The minimum absolute atomic E-state index is 0.0667. The fourth-order valence-corrected chi connectivity index (χ4v) is 3.67. The second-order valence-corrected chi connectivity index (χ2v) is 7.29. The number of methoxy groups -OCH3 is 1. The van der Waals surface area contributed by atoms with Gasteiger partial charge in [-0.1, -0.05) is 30.3 Å². The average Bonchev–Trinajstić information content (AvgIpc) is 2.77. The Labute approximate surface area is 177 Å². The van der Waals surface area contributed by atoms with Crippen LogP contribution in [0.3, 0.4) is 0 Å². The predicted octanol–water partition coefficient (Wildman–Crippen LogP) is 4.62. The number of para-hydroxylation sites is 1. The third-order valence-corrected chi connectivity index (χ3v) is 5.27. The lowest BCUT2D eigenvalue weighted by Gasteiger charge is -2.10. The normalized spacial score (nSPS) is 10.3. The number of ether oxygens (including phenoxy) is 1. The summed E-state index contributed by atoms with van der Waals surface area (Å²) in [5, 5.41) is 12.0. The SMILES string of the molecule is COc1ccccc1C(=O)CSc1cccc(NC(=O)c2ccccc2C(=O)O)c1. The minimum atomic E-state index is -1.17. The Bertz CT molecular complexity index is 1100. The molecule has 0 saturated heterocycles. The average molecular weight is 421 g/mol. The molecule has 0 fully saturated rings. The van der Waals surface area contributed by atoms with Gasteiger partial charge in [0.25, 0.3) is 5.91 Å². The first kappa shape index (κ1) is 21.1. The van der Waals surface area contributed by atoms with Gasteiger partial charge in [0.1, 0.15) is 5.75 Å². The van der Waals surface area contributed by atoms with E-state index in [0.717, 1.165) is 4.90 Å². The summed E-state index contributed by atoms with van der Waals surface area (Å²) in [6.45, 7) is 0. The Kier molecular flexibility index (Phi) is 6.87. The van der Waals surface area contributed by atoms with Gasteiger partial charge in [-0.2, -0.15) is 0 Å². The molecule has 0 aromatic heterocycles. The summed E-state index contributed by atoms with van der Waals surface area (Å²) in [6, 6.07) is 20.1. The van der Waals surface area contributed by atoms with Crippen LogP contribution in [0.5, 0.6) is 5.75 Å². The highest BCUT2D eigenvalue weighted by Gasteiger charge is 2.16. The molecular weight excluding hydrogens is 402 g/mol. The van der Waals surface area contributed by atoms with Gasteiger partial charge in [0, 0.05) is 10.6 Å². The van der Waals surface area contributed by atoms with Crippen LogP contribution in [-0.2, 0) is 0 Å². The molecule has 7 heteroatoms. The molecule has 3 aromatic carbocycles. The van der Waals surface area contributed by atoms with Gasteiger partial charge in [-0.05, 0) is 42.5 Å². The lowest BCUT2D eigenvalue weighted by molar-refractivity contribution is 0.0692. The predicted molar refractivity (Wildman–Crippen MR) is 116 cm³/mol. The van der Waals surface area contributed by atoms with Crippen molar-refractivity contribution in [1.82, 2.24) is 0 Å². The van der Waals surface area contributed by atoms with Crippen LogP contribution in [0.4, 0.5) is 5.69 Å². The lowest BCUT2D eigenvalue weighted by Crippen LogP contribution is -2.16. The number of aromatic carboxylic acids is 1. The van der Waals surface area contributed by atoms with Crippen LogP contribution < -0.4 is 10.1 Å². The Morgan fingerprint density at radius 2 is 1.57 bits per heavy atom. The number of carboxylic acids is 1. The van der Waals surface area contributed by atoms with Gasteiger partial charge in [-0.3, -0.25) is 9.59 Å². The Morgan fingerprint density at radius 3 is 2.27 bits per heavy atom. The quantitative estimate of drug-likeness (QED) is 0.407. The maximum Gasteiger partial charge on any atom is 0.336 e. The summed E-state index contributed by atoms with van der Waals surface area (Å²) >= 11 is 1.34. The lowest BCUT2D eigenvalue weighted by atomic mass is 10.1. The first-order valence-corrected chi connectivity index (χ1v) is 10.0. The molecule has 30 heavy (non-hydrogen) atoms. The van der Waals surface area contributed by atoms with Gasteiger partial charge in [-0.25, -0.2) is 4.79 Å². The number of rotatable bonds is 8. The molecule has 0 spiro atoms. The number of amides is 1. The molecule has 0 unspecified atom stereocenters. The van der Waals surface area contributed by atoms with E-state index >= 15 is 0 Å². The van der Waals surface area contributed by atoms with E-state index in [9.17, 15) is 19.5 Å². The number of carbonyl (C=O) groups excluding carboxylic acids is 2. The number of ketones is 1. The summed E-state index contributed by atoms with van der Waals surface area (Å²) in [4.78, 5) is 37.2. The number of hydrogen-bond acceptors (Lipinski definition) is 5. The van der Waals surface area contributed by atoms with Gasteiger partial charge >= 0.3 is 5.97 Å². The van der Waals surface area contributed by atoms with Crippen molar-refractivity contribution >= 4 is 35.1 Å². The zero-order valence-corrected chi connectivity index (χ0v) is 16.9. The van der Waals surface area contributed by atoms with E-state index in [1.807, 2.05) is 6.07 Å². The van der Waals surface area contributed by atoms with Crippen LogP contribution in [0.1, 0.15) is 31.1 Å². The molecular formula is C23H19NO5S. The van der Waals surface area contributed by atoms with Crippen molar-refractivity contribution in [3.63, 3.8) is 0 Å². The molecule has 0 heterocycles. The molecule has 3 rings (SSSR count). The van der Waals surface area contributed by atoms with E-state index in [1.165, 1.54) is 31.0 Å². The first-order valence-electron chi connectivity index (χ1n) is 9.02. The van der Waals surface area contributed by atoms with E-state index in [1.54, 1.807) is 54.6 Å². The van der Waals surface area contributed by atoms with Crippen LogP contribution in [0.2, 0.25) is 0 Å². The number of Topliss-reactive ketones (excluding diaryl/α,β-unsaturated/α-hetero) is 1. The molecule has 0 atom stereocenters. The number of benzene rings is 3. The summed E-state index contributed by atoms with van der Waals surface area (Å²) in [7, 11) is 1.52. The summed E-state index contributed by atoms with van der Waals surface area (Å²) in [6.07, 6.45) is 0. The summed E-state index contributed by atoms with van der Waals surface area (Å²) < 4.78 is 5.23. The number of thioether (sulfide) groups is 1. The van der Waals surface area contributed by atoms with Crippen molar-refractivity contribution in [2.45, 2.75) is 4.90 Å². The van der Waals surface area contributed by atoms with E-state index < -0.39 is 11.9 Å². The number of carbonyl (C=O) groups is 3. The van der Waals surface area contributed by atoms with Crippen LogP contribution in [0.15, 0.2) is 77.7 Å². The second-order valence-electron chi connectivity index (χ2n) is 6.24. The summed E-state index contributed by atoms with van der Waals surface area (Å²) in [5.41, 5.74) is 1.04. The molecule has 3 aromatic rings.